The predicted octanol–water partition coefficient (Wildman–Crippen LogP) is 1.95. The zero-order valence-electron chi connectivity index (χ0n) is 12.7. The third-order valence-corrected chi connectivity index (χ3v) is 3.87. The lowest BCUT2D eigenvalue weighted by atomic mass is 10.1. The summed E-state index contributed by atoms with van der Waals surface area (Å²) in [7, 11) is 0. The first-order valence-electron chi connectivity index (χ1n) is 7.54. The van der Waals surface area contributed by atoms with Crippen molar-refractivity contribution < 1.29 is 4.79 Å². The van der Waals surface area contributed by atoms with Crippen molar-refractivity contribution in [3.63, 3.8) is 0 Å². The molecule has 1 aromatic heterocycles. The van der Waals surface area contributed by atoms with Crippen molar-refractivity contribution in [1.82, 2.24) is 15.6 Å². The van der Waals surface area contributed by atoms with E-state index in [1.54, 1.807) is 12.1 Å². The zero-order valence-corrected chi connectivity index (χ0v) is 13.5. The molecule has 0 saturated carbocycles. The molecule has 6 heteroatoms. The van der Waals surface area contributed by atoms with Gasteiger partial charge in [-0.2, -0.15) is 0 Å². The van der Waals surface area contributed by atoms with Gasteiger partial charge in [-0.05, 0) is 37.1 Å². The van der Waals surface area contributed by atoms with E-state index in [1.165, 1.54) is 0 Å². The molecule has 1 unspecified atom stereocenters. The fraction of sp³-hybridized carbons (Fsp3) is 0.294. The Morgan fingerprint density at radius 3 is 2.57 bits per heavy atom. The van der Waals surface area contributed by atoms with E-state index in [4.69, 9.17) is 0 Å². The van der Waals surface area contributed by atoms with Crippen LogP contribution < -0.4 is 16.2 Å². The van der Waals surface area contributed by atoms with Crippen molar-refractivity contribution in [1.29, 1.82) is 0 Å². The number of hydrogen-bond donors (Lipinski definition) is 3. The van der Waals surface area contributed by atoms with E-state index in [0.29, 0.717) is 5.69 Å². The second-order valence-corrected chi connectivity index (χ2v) is 5.50. The number of aromatic nitrogens is 1. The Kier molecular flexibility index (Phi) is 5.96. The molecule has 23 heavy (non-hydrogen) atoms. The third-order valence-electron chi connectivity index (χ3n) is 3.87. The highest BCUT2D eigenvalue weighted by molar-refractivity contribution is 5.94. The SMILES string of the molecule is Cl.O=C(NC1CCCNC1)c1ccc(-c2ccccc2)[nH]c1=O. The first-order chi connectivity index (χ1) is 10.7. The lowest BCUT2D eigenvalue weighted by Crippen LogP contribution is -2.46. The molecule has 1 saturated heterocycles. The number of carbonyl (C=O) groups excluding carboxylic acids is 1. The number of carbonyl (C=O) groups is 1. The average molecular weight is 334 g/mol. The van der Waals surface area contributed by atoms with Gasteiger partial charge in [0.25, 0.3) is 11.5 Å². The van der Waals surface area contributed by atoms with Crippen molar-refractivity contribution in [2.75, 3.05) is 13.1 Å². The number of amides is 1. The van der Waals surface area contributed by atoms with Crippen LogP contribution in [0.25, 0.3) is 11.3 Å². The van der Waals surface area contributed by atoms with Gasteiger partial charge < -0.3 is 15.6 Å². The fourth-order valence-electron chi connectivity index (χ4n) is 2.68. The molecule has 1 aliphatic heterocycles. The summed E-state index contributed by atoms with van der Waals surface area (Å²) in [5, 5.41) is 6.15. The van der Waals surface area contributed by atoms with Gasteiger partial charge in [-0.3, -0.25) is 9.59 Å². The molecular formula is C17H20ClN3O2. The Balaban J connectivity index is 0.00000192. The normalized spacial score (nSPS) is 17.1. The van der Waals surface area contributed by atoms with Gasteiger partial charge in [0, 0.05) is 18.3 Å². The second kappa shape index (κ2) is 7.94. The van der Waals surface area contributed by atoms with E-state index in [0.717, 1.165) is 31.5 Å². The molecule has 0 bridgehead atoms. The highest BCUT2D eigenvalue weighted by Gasteiger charge is 2.18. The summed E-state index contributed by atoms with van der Waals surface area (Å²) in [5.74, 6) is -0.311. The van der Waals surface area contributed by atoms with Gasteiger partial charge in [0.15, 0.2) is 0 Å². The van der Waals surface area contributed by atoms with Gasteiger partial charge in [0.2, 0.25) is 0 Å². The maximum Gasteiger partial charge on any atom is 0.261 e. The molecule has 1 amide bonds. The fourth-order valence-corrected chi connectivity index (χ4v) is 2.68. The molecule has 1 aromatic carbocycles. The Labute approximate surface area is 140 Å². The number of halogens is 1. The van der Waals surface area contributed by atoms with Gasteiger partial charge in [0.1, 0.15) is 5.56 Å². The van der Waals surface area contributed by atoms with Gasteiger partial charge in [-0.25, -0.2) is 0 Å². The molecule has 0 aliphatic carbocycles. The minimum Gasteiger partial charge on any atom is -0.348 e. The van der Waals surface area contributed by atoms with E-state index in [1.807, 2.05) is 30.3 Å². The van der Waals surface area contributed by atoms with E-state index in [-0.39, 0.29) is 35.5 Å². The summed E-state index contributed by atoms with van der Waals surface area (Å²) < 4.78 is 0. The van der Waals surface area contributed by atoms with Gasteiger partial charge in [0.05, 0.1) is 0 Å². The van der Waals surface area contributed by atoms with E-state index in [9.17, 15) is 9.59 Å². The molecule has 1 fully saturated rings. The molecule has 3 N–H and O–H groups in total. The molecule has 1 aliphatic rings. The first-order valence-corrected chi connectivity index (χ1v) is 7.54. The maximum atomic E-state index is 12.2. The van der Waals surface area contributed by atoms with Gasteiger partial charge >= 0.3 is 0 Å². The minimum atomic E-state index is -0.359. The minimum absolute atomic E-state index is 0. The van der Waals surface area contributed by atoms with Crippen LogP contribution in [0.4, 0.5) is 0 Å². The molecule has 2 heterocycles. The number of nitrogens with one attached hydrogen (secondary N) is 3. The lowest BCUT2D eigenvalue weighted by Gasteiger charge is -2.23. The number of H-pyrrole nitrogens is 1. The quantitative estimate of drug-likeness (QED) is 0.803. The Morgan fingerprint density at radius 1 is 1.13 bits per heavy atom. The molecule has 2 aromatic rings. The monoisotopic (exact) mass is 333 g/mol. The Hall–Kier alpha value is -2.11. The van der Waals surface area contributed by atoms with Crippen LogP contribution in [-0.2, 0) is 0 Å². The summed E-state index contributed by atoms with van der Waals surface area (Å²) in [6.45, 7) is 1.74. The number of hydrogen-bond acceptors (Lipinski definition) is 3. The number of piperidine rings is 1. The van der Waals surface area contributed by atoms with Crippen LogP contribution in [0.2, 0.25) is 0 Å². The van der Waals surface area contributed by atoms with Gasteiger partial charge in [-0.1, -0.05) is 30.3 Å². The molecule has 5 nitrogen and oxygen atoms in total. The highest BCUT2D eigenvalue weighted by Crippen LogP contribution is 2.14. The lowest BCUT2D eigenvalue weighted by molar-refractivity contribution is 0.0929. The van der Waals surface area contributed by atoms with Crippen molar-refractivity contribution in [3.05, 3.63) is 58.4 Å². The van der Waals surface area contributed by atoms with Crippen LogP contribution in [0.1, 0.15) is 23.2 Å². The summed E-state index contributed by atoms with van der Waals surface area (Å²) in [5.41, 5.74) is 1.43. The smallest absolute Gasteiger partial charge is 0.261 e. The van der Waals surface area contributed by atoms with E-state index >= 15 is 0 Å². The number of rotatable bonds is 3. The van der Waals surface area contributed by atoms with Crippen LogP contribution >= 0.6 is 12.4 Å². The Bertz CT molecular complexity index is 709. The number of pyridine rings is 1. The second-order valence-electron chi connectivity index (χ2n) is 5.50. The molecule has 0 radical (unpaired) electrons. The summed E-state index contributed by atoms with van der Waals surface area (Å²) in [6, 6.07) is 13.0. The molecule has 3 rings (SSSR count). The van der Waals surface area contributed by atoms with Gasteiger partial charge in [-0.15, -0.1) is 12.4 Å². The number of benzene rings is 1. The van der Waals surface area contributed by atoms with E-state index < -0.39 is 0 Å². The van der Waals surface area contributed by atoms with Crippen LogP contribution in [0.5, 0.6) is 0 Å². The van der Waals surface area contributed by atoms with Crippen molar-refractivity contribution in [2.24, 2.45) is 0 Å². The van der Waals surface area contributed by atoms with Crippen LogP contribution in [0.3, 0.4) is 0 Å². The summed E-state index contributed by atoms with van der Waals surface area (Å²) in [4.78, 5) is 27.2. The van der Waals surface area contributed by atoms with Crippen LogP contribution in [0, 0.1) is 0 Å². The van der Waals surface area contributed by atoms with E-state index in [2.05, 4.69) is 15.6 Å². The highest BCUT2D eigenvalue weighted by atomic mass is 35.5. The molecule has 122 valence electrons. The van der Waals surface area contributed by atoms with Crippen molar-refractivity contribution in [2.45, 2.75) is 18.9 Å². The van der Waals surface area contributed by atoms with Crippen molar-refractivity contribution >= 4 is 18.3 Å². The average Bonchev–Trinajstić information content (AvgIpc) is 2.56. The standard InChI is InChI=1S/C17H19N3O2.ClH/c21-16(19-13-7-4-10-18-11-13)14-8-9-15(20-17(14)22)12-5-2-1-3-6-12;/h1-3,5-6,8-9,13,18H,4,7,10-11H2,(H,19,21)(H,20,22);1H. The third kappa shape index (κ3) is 4.21. The molecule has 0 spiro atoms. The summed E-state index contributed by atoms with van der Waals surface area (Å²) in [6.07, 6.45) is 1.98. The number of aromatic amines is 1. The molecular weight excluding hydrogens is 314 g/mol. The maximum absolute atomic E-state index is 12.2. The molecule has 1 atom stereocenters. The van der Waals surface area contributed by atoms with Crippen molar-refractivity contribution in [3.8, 4) is 11.3 Å². The first kappa shape index (κ1) is 17.2. The van der Waals surface area contributed by atoms with Crippen LogP contribution in [0.15, 0.2) is 47.3 Å². The predicted molar refractivity (Wildman–Crippen MR) is 93.1 cm³/mol. The zero-order chi connectivity index (χ0) is 15.4. The van der Waals surface area contributed by atoms with Crippen LogP contribution in [-0.4, -0.2) is 30.0 Å². The topological polar surface area (TPSA) is 74.0 Å². The summed E-state index contributed by atoms with van der Waals surface area (Å²) >= 11 is 0. The largest absolute Gasteiger partial charge is 0.348 e. The Morgan fingerprint density at radius 2 is 1.91 bits per heavy atom.